The first-order valence-corrected chi connectivity index (χ1v) is 7.18. The molecule has 20 heavy (non-hydrogen) atoms. The van der Waals surface area contributed by atoms with Gasteiger partial charge in [-0.3, -0.25) is 14.6 Å². The summed E-state index contributed by atoms with van der Waals surface area (Å²) in [5, 5.41) is 2.89. The van der Waals surface area contributed by atoms with E-state index in [0.717, 1.165) is 32.4 Å². The maximum Gasteiger partial charge on any atom is 0.272 e. The van der Waals surface area contributed by atoms with Crippen molar-refractivity contribution in [2.24, 2.45) is 0 Å². The minimum Gasteiger partial charge on any atom is -0.350 e. The van der Waals surface area contributed by atoms with Gasteiger partial charge in [-0.2, -0.15) is 0 Å². The zero-order valence-corrected chi connectivity index (χ0v) is 12.1. The van der Waals surface area contributed by atoms with Gasteiger partial charge in [-0.25, -0.2) is 0 Å². The van der Waals surface area contributed by atoms with Crippen molar-refractivity contribution in [3.8, 4) is 0 Å². The molecule has 1 N–H and O–H groups in total. The van der Waals surface area contributed by atoms with Crippen LogP contribution in [0, 0.1) is 0 Å². The second kappa shape index (κ2) is 6.50. The van der Waals surface area contributed by atoms with Gasteiger partial charge in [0.2, 0.25) is 0 Å². The monoisotopic (exact) mass is 275 g/mol. The zero-order valence-electron chi connectivity index (χ0n) is 12.1. The van der Waals surface area contributed by atoms with Crippen LogP contribution in [0.2, 0.25) is 0 Å². The Morgan fingerprint density at radius 2 is 2.10 bits per heavy atom. The highest BCUT2D eigenvalue weighted by molar-refractivity contribution is 5.98. The fraction of sp³-hybridized carbons (Fsp3) is 0.533. The second-order valence-corrected chi connectivity index (χ2v) is 5.21. The fourth-order valence-electron chi connectivity index (χ4n) is 2.18. The number of amides is 2. The highest BCUT2D eigenvalue weighted by Crippen LogP contribution is 2.12. The number of likely N-dealkylation sites (tertiary alicyclic amines) is 1. The van der Waals surface area contributed by atoms with E-state index in [2.05, 4.69) is 10.3 Å². The molecule has 108 valence electrons. The molecule has 1 aromatic rings. The van der Waals surface area contributed by atoms with E-state index < -0.39 is 0 Å². The first kappa shape index (κ1) is 14.5. The summed E-state index contributed by atoms with van der Waals surface area (Å²) in [7, 11) is 0. The summed E-state index contributed by atoms with van der Waals surface area (Å²) < 4.78 is 0. The zero-order chi connectivity index (χ0) is 14.5. The third kappa shape index (κ3) is 3.35. The van der Waals surface area contributed by atoms with Crippen molar-refractivity contribution in [2.75, 3.05) is 13.1 Å². The van der Waals surface area contributed by atoms with Gasteiger partial charge in [0.25, 0.3) is 11.8 Å². The van der Waals surface area contributed by atoms with Crippen molar-refractivity contribution in [3.05, 3.63) is 29.6 Å². The van der Waals surface area contributed by atoms with Crippen LogP contribution in [-0.2, 0) is 0 Å². The Labute approximate surface area is 119 Å². The van der Waals surface area contributed by atoms with Gasteiger partial charge >= 0.3 is 0 Å². The molecule has 1 aliphatic heterocycles. The largest absolute Gasteiger partial charge is 0.350 e. The minimum absolute atomic E-state index is 0.0827. The van der Waals surface area contributed by atoms with Crippen molar-refractivity contribution in [1.82, 2.24) is 15.2 Å². The van der Waals surface area contributed by atoms with E-state index in [4.69, 9.17) is 0 Å². The molecule has 0 spiro atoms. The second-order valence-electron chi connectivity index (χ2n) is 5.21. The van der Waals surface area contributed by atoms with E-state index in [-0.39, 0.29) is 17.9 Å². The Bertz CT molecular complexity index is 496. The van der Waals surface area contributed by atoms with E-state index in [9.17, 15) is 9.59 Å². The van der Waals surface area contributed by atoms with Gasteiger partial charge in [0, 0.05) is 30.9 Å². The average Bonchev–Trinajstić information content (AvgIpc) is 3.00. The van der Waals surface area contributed by atoms with Crippen molar-refractivity contribution in [3.63, 3.8) is 0 Å². The van der Waals surface area contributed by atoms with Gasteiger partial charge < -0.3 is 10.2 Å². The summed E-state index contributed by atoms with van der Waals surface area (Å²) in [6, 6.07) is 3.34. The number of pyridine rings is 1. The molecule has 2 rings (SSSR count). The lowest BCUT2D eigenvalue weighted by atomic mass is 10.2. The summed E-state index contributed by atoms with van der Waals surface area (Å²) in [6.07, 6.45) is 4.48. The van der Waals surface area contributed by atoms with E-state index in [0.29, 0.717) is 11.3 Å². The number of rotatable bonds is 4. The molecule has 0 radical (unpaired) electrons. The van der Waals surface area contributed by atoms with Crippen LogP contribution in [0.1, 0.15) is 54.0 Å². The van der Waals surface area contributed by atoms with Gasteiger partial charge in [0.1, 0.15) is 5.69 Å². The SMILES string of the molecule is CCC(C)NC(=O)c1ccnc(C(=O)N2CCCC2)c1. The maximum atomic E-state index is 12.2. The normalized spacial score (nSPS) is 16.0. The molecule has 0 saturated carbocycles. The van der Waals surface area contributed by atoms with Gasteiger partial charge in [-0.05, 0) is 38.3 Å². The molecule has 5 nitrogen and oxygen atoms in total. The Hall–Kier alpha value is -1.91. The van der Waals surface area contributed by atoms with Gasteiger partial charge in [-0.15, -0.1) is 0 Å². The van der Waals surface area contributed by atoms with Gasteiger partial charge in [0.05, 0.1) is 0 Å². The van der Waals surface area contributed by atoms with E-state index >= 15 is 0 Å². The van der Waals surface area contributed by atoms with E-state index in [1.54, 1.807) is 17.0 Å². The molecule has 5 heteroatoms. The summed E-state index contributed by atoms with van der Waals surface area (Å²) in [4.78, 5) is 30.2. The number of hydrogen-bond donors (Lipinski definition) is 1. The van der Waals surface area contributed by atoms with Crippen molar-refractivity contribution < 1.29 is 9.59 Å². The predicted octanol–water partition coefficient (Wildman–Crippen LogP) is 1.85. The first-order chi connectivity index (χ1) is 9.61. The number of carbonyl (C=O) groups is 2. The van der Waals surface area contributed by atoms with Crippen molar-refractivity contribution >= 4 is 11.8 Å². The molecule has 1 fully saturated rings. The van der Waals surface area contributed by atoms with Crippen molar-refractivity contribution in [1.29, 1.82) is 0 Å². The Morgan fingerprint density at radius 1 is 1.40 bits per heavy atom. The third-order valence-electron chi connectivity index (χ3n) is 3.62. The molecule has 0 aromatic carbocycles. The predicted molar refractivity (Wildman–Crippen MR) is 76.6 cm³/mol. The Morgan fingerprint density at radius 3 is 2.75 bits per heavy atom. The summed E-state index contributed by atoms with van der Waals surface area (Å²) in [5.74, 6) is -0.238. The molecule has 0 aliphatic carbocycles. The third-order valence-corrected chi connectivity index (χ3v) is 3.62. The molecule has 1 atom stereocenters. The number of carbonyl (C=O) groups excluding carboxylic acids is 2. The van der Waals surface area contributed by atoms with E-state index in [1.807, 2.05) is 13.8 Å². The van der Waals surface area contributed by atoms with Crippen LogP contribution in [0.4, 0.5) is 0 Å². The topological polar surface area (TPSA) is 62.3 Å². The van der Waals surface area contributed by atoms with Crippen LogP contribution in [0.3, 0.4) is 0 Å². The van der Waals surface area contributed by atoms with Crippen LogP contribution < -0.4 is 5.32 Å². The highest BCUT2D eigenvalue weighted by atomic mass is 16.2. The molecular formula is C15H21N3O2. The summed E-state index contributed by atoms with van der Waals surface area (Å²) in [5.41, 5.74) is 0.839. The fourth-order valence-corrected chi connectivity index (χ4v) is 2.18. The molecule has 1 unspecified atom stereocenters. The van der Waals surface area contributed by atoms with Crippen LogP contribution in [-0.4, -0.2) is 40.8 Å². The maximum absolute atomic E-state index is 12.2. The highest BCUT2D eigenvalue weighted by Gasteiger charge is 2.21. The summed E-state index contributed by atoms with van der Waals surface area (Å²) in [6.45, 7) is 5.53. The van der Waals surface area contributed by atoms with Crippen molar-refractivity contribution in [2.45, 2.75) is 39.2 Å². The average molecular weight is 275 g/mol. The number of nitrogens with zero attached hydrogens (tertiary/aromatic N) is 2. The molecule has 2 amide bonds. The van der Waals surface area contributed by atoms with E-state index in [1.165, 1.54) is 6.20 Å². The first-order valence-electron chi connectivity index (χ1n) is 7.18. The van der Waals surface area contributed by atoms with Crippen LogP contribution >= 0.6 is 0 Å². The number of hydrogen-bond acceptors (Lipinski definition) is 3. The number of aromatic nitrogens is 1. The lowest BCUT2D eigenvalue weighted by molar-refractivity contribution is 0.0787. The van der Waals surface area contributed by atoms with Crippen LogP contribution in [0.5, 0.6) is 0 Å². The van der Waals surface area contributed by atoms with Crippen LogP contribution in [0.15, 0.2) is 18.3 Å². The molecule has 1 aromatic heterocycles. The molecule has 0 bridgehead atoms. The van der Waals surface area contributed by atoms with Gasteiger partial charge in [-0.1, -0.05) is 6.92 Å². The quantitative estimate of drug-likeness (QED) is 0.912. The lowest BCUT2D eigenvalue weighted by Crippen LogP contribution is -2.32. The smallest absolute Gasteiger partial charge is 0.272 e. The van der Waals surface area contributed by atoms with Gasteiger partial charge in [0.15, 0.2) is 0 Å². The van der Waals surface area contributed by atoms with Crippen LogP contribution in [0.25, 0.3) is 0 Å². The Kier molecular flexibility index (Phi) is 4.71. The molecule has 1 saturated heterocycles. The molecule has 2 heterocycles. The molecule has 1 aliphatic rings. The molecular weight excluding hydrogens is 254 g/mol. The Balaban J connectivity index is 2.11. The standard InChI is InChI=1S/C15H21N3O2/c1-3-11(2)17-14(19)12-6-7-16-13(10-12)15(20)18-8-4-5-9-18/h6-7,10-11H,3-5,8-9H2,1-2H3,(H,17,19). The minimum atomic E-state index is -0.155. The number of nitrogens with one attached hydrogen (secondary N) is 1. The summed E-state index contributed by atoms with van der Waals surface area (Å²) >= 11 is 0. The lowest BCUT2D eigenvalue weighted by Gasteiger charge is -2.15.